The Hall–Kier alpha value is -3.75. The monoisotopic (exact) mass is 402 g/mol. The highest BCUT2D eigenvalue weighted by Gasteiger charge is 2.15. The minimum atomic E-state index is -0.519. The van der Waals surface area contributed by atoms with Gasteiger partial charge in [-0.25, -0.2) is 0 Å². The fraction of sp³-hybridized carbons (Fsp3) is 0.0435. The third kappa shape index (κ3) is 4.75. The molecule has 0 bridgehead atoms. The lowest BCUT2D eigenvalue weighted by Gasteiger charge is -2.21. The maximum absolute atomic E-state index is 12.8. The number of carbonyl (C=O) groups excluding carboxylic acids is 1. The Labute approximate surface area is 174 Å². The van der Waals surface area contributed by atoms with E-state index < -0.39 is 5.91 Å². The Kier molecular flexibility index (Phi) is 6.18. The van der Waals surface area contributed by atoms with Crippen LogP contribution in [0.25, 0.3) is 0 Å². The molecule has 0 fully saturated rings. The van der Waals surface area contributed by atoms with Crippen molar-refractivity contribution >= 4 is 40.3 Å². The SMILES string of the molecule is Cc1c(Cl)cccc1NC(=O)/C(C#N)=C\N(c1ccccc1)c1ccc(N)cc1. The summed E-state index contributed by atoms with van der Waals surface area (Å²) in [5, 5.41) is 12.9. The third-order valence-corrected chi connectivity index (χ3v) is 4.75. The smallest absolute Gasteiger partial charge is 0.267 e. The average molecular weight is 403 g/mol. The van der Waals surface area contributed by atoms with Crippen molar-refractivity contribution in [3.8, 4) is 6.07 Å². The number of nitrogens with one attached hydrogen (secondary N) is 1. The molecule has 3 aromatic rings. The highest BCUT2D eigenvalue weighted by Crippen LogP contribution is 2.28. The molecule has 144 valence electrons. The Morgan fingerprint density at radius 2 is 1.69 bits per heavy atom. The Morgan fingerprint density at radius 1 is 1.03 bits per heavy atom. The van der Waals surface area contributed by atoms with Crippen LogP contribution in [0.5, 0.6) is 0 Å². The van der Waals surface area contributed by atoms with E-state index >= 15 is 0 Å². The van der Waals surface area contributed by atoms with Crippen LogP contribution in [-0.4, -0.2) is 5.91 Å². The van der Waals surface area contributed by atoms with Crippen molar-refractivity contribution in [3.05, 3.63) is 95.2 Å². The standard InChI is InChI=1S/C23H19ClN4O/c1-16-21(24)8-5-9-22(16)27-23(29)17(14-25)15-28(19-6-3-2-4-7-19)20-12-10-18(26)11-13-20/h2-13,15H,26H2,1H3,(H,27,29)/b17-15-. The van der Waals surface area contributed by atoms with E-state index in [0.29, 0.717) is 16.4 Å². The molecule has 5 nitrogen and oxygen atoms in total. The first kappa shape index (κ1) is 20.0. The van der Waals surface area contributed by atoms with Gasteiger partial charge in [0, 0.05) is 34.0 Å². The van der Waals surface area contributed by atoms with Crippen LogP contribution in [0.1, 0.15) is 5.56 Å². The number of carbonyl (C=O) groups is 1. The summed E-state index contributed by atoms with van der Waals surface area (Å²) in [6, 6.07) is 23.8. The summed E-state index contributed by atoms with van der Waals surface area (Å²) in [6.07, 6.45) is 1.51. The molecule has 0 heterocycles. The van der Waals surface area contributed by atoms with Crippen LogP contribution in [0.4, 0.5) is 22.7 Å². The van der Waals surface area contributed by atoms with Gasteiger partial charge in [0.1, 0.15) is 11.6 Å². The molecule has 0 aromatic heterocycles. The van der Waals surface area contributed by atoms with Gasteiger partial charge in [-0.2, -0.15) is 5.26 Å². The van der Waals surface area contributed by atoms with E-state index in [1.807, 2.05) is 48.5 Å². The summed E-state index contributed by atoms with van der Waals surface area (Å²) in [4.78, 5) is 14.5. The zero-order chi connectivity index (χ0) is 20.8. The molecular formula is C23H19ClN4O. The van der Waals surface area contributed by atoms with Crippen LogP contribution >= 0.6 is 11.6 Å². The maximum Gasteiger partial charge on any atom is 0.267 e. The molecule has 6 heteroatoms. The second-order valence-electron chi connectivity index (χ2n) is 6.32. The summed E-state index contributed by atoms with van der Waals surface area (Å²) in [5.74, 6) is -0.519. The minimum Gasteiger partial charge on any atom is -0.399 e. The molecule has 0 aliphatic rings. The van der Waals surface area contributed by atoms with Crippen molar-refractivity contribution in [2.45, 2.75) is 6.92 Å². The topological polar surface area (TPSA) is 82.2 Å². The summed E-state index contributed by atoms with van der Waals surface area (Å²) < 4.78 is 0. The molecule has 0 atom stereocenters. The number of anilines is 4. The third-order valence-electron chi connectivity index (χ3n) is 4.34. The number of nitrogens with zero attached hydrogens (tertiary/aromatic N) is 2. The van der Waals surface area contributed by atoms with Crippen molar-refractivity contribution in [1.29, 1.82) is 5.26 Å². The van der Waals surface area contributed by atoms with Gasteiger partial charge in [0.25, 0.3) is 5.91 Å². The molecular weight excluding hydrogens is 384 g/mol. The number of rotatable bonds is 5. The largest absolute Gasteiger partial charge is 0.399 e. The molecule has 3 N–H and O–H groups in total. The molecule has 0 saturated carbocycles. The van der Waals surface area contributed by atoms with Crippen LogP contribution in [0.3, 0.4) is 0 Å². The van der Waals surface area contributed by atoms with Gasteiger partial charge in [-0.1, -0.05) is 35.9 Å². The number of halogens is 1. The van der Waals surface area contributed by atoms with Gasteiger partial charge in [0.15, 0.2) is 0 Å². The quantitative estimate of drug-likeness (QED) is 0.339. The zero-order valence-corrected chi connectivity index (χ0v) is 16.5. The predicted octanol–water partition coefficient (Wildman–Crippen LogP) is 5.41. The lowest BCUT2D eigenvalue weighted by atomic mass is 10.1. The van der Waals surface area contributed by atoms with Crippen LogP contribution in [-0.2, 0) is 4.79 Å². The number of nitrogens with two attached hydrogens (primary N) is 1. The second-order valence-corrected chi connectivity index (χ2v) is 6.73. The molecule has 29 heavy (non-hydrogen) atoms. The van der Waals surface area contributed by atoms with E-state index in [1.54, 1.807) is 42.2 Å². The van der Waals surface area contributed by atoms with E-state index in [1.165, 1.54) is 6.20 Å². The number of para-hydroxylation sites is 1. The lowest BCUT2D eigenvalue weighted by molar-refractivity contribution is -0.112. The molecule has 3 aromatic carbocycles. The fourth-order valence-corrected chi connectivity index (χ4v) is 2.90. The Morgan fingerprint density at radius 3 is 2.34 bits per heavy atom. The Balaban J connectivity index is 1.98. The molecule has 1 amide bonds. The normalized spacial score (nSPS) is 10.9. The number of benzene rings is 3. The molecule has 0 aliphatic carbocycles. The van der Waals surface area contributed by atoms with Crippen molar-refractivity contribution in [1.82, 2.24) is 0 Å². The summed E-state index contributed by atoms with van der Waals surface area (Å²) >= 11 is 6.12. The highest BCUT2D eigenvalue weighted by molar-refractivity contribution is 6.31. The fourth-order valence-electron chi connectivity index (χ4n) is 2.72. The number of hydrogen-bond acceptors (Lipinski definition) is 4. The van der Waals surface area contributed by atoms with E-state index in [9.17, 15) is 10.1 Å². The number of nitrogen functional groups attached to an aromatic ring is 1. The second kappa shape index (κ2) is 8.96. The molecule has 0 radical (unpaired) electrons. The van der Waals surface area contributed by atoms with Gasteiger partial charge in [-0.05, 0) is 61.0 Å². The zero-order valence-electron chi connectivity index (χ0n) is 15.8. The number of hydrogen-bond donors (Lipinski definition) is 2. The van der Waals surface area contributed by atoms with Gasteiger partial charge in [-0.3, -0.25) is 4.79 Å². The van der Waals surface area contributed by atoms with E-state index in [4.69, 9.17) is 17.3 Å². The van der Waals surface area contributed by atoms with E-state index in [0.717, 1.165) is 16.9 Å². The van der Waals surface area contributed by atoms with Crippen molar-refractivity contribution < 1.29 is 4.79 Å². The summed E-state index contributed by atoms with van der Waals surface area (Å²) in [6.45, 7) is 1.80. The molecule has 0 aliphatic heterocycles. The first-order valence-corrected chi connectivity index (χ1v) is 9.25. The molecule has 0 unspecified atom stereocenters. The molecule has 0 spiro atoms. The van der Waals surface area contributed by atoms with Crippen LogP contribution in [0.2, 0.25) is 5.02 Å². The van der Waals surface area contributed by atoms with Crippen molar-refractivity contribution in [2.24, 2.45) is 0 Å². The molecule has 0 saturated heterocycles. The minimum absolute atomic E-state index is 0.0509. The van der Waals surface area contributed by atoms with Crippen molar-refractivity contribution in [3.63, 3.8) is 0 Å². The Bertz CT molecular complexity index is 1090. The van der Waals surface area contributed by atoms with Gasteiger partial charge in [0.05, 0.1) is 0 Å². The van der Waals surface area contributed by atoms with Crippen molar-refractivity contribution in [2.75, 3.05) is 16.0 Å². The number of nitriles is 1. The van der Waals surface area contributed by atoms with Gasteiger partial charge in [-0.15, -0.1) is 0 Å². The van der Waals surface area contributed by atoms with E-state index in [2.05, 4.69) is 5.32 Å². The summed E-state index contributed by atoms with van der Waals surface area (Å²) in [7, 11) is 0. The summed E-state index contributed by atoms with van der Waals surface area (Å²) in [5.41, 5.74) is 9.23. The van der Waals surface area contributed by atoms with Gasteiger partial charge < -0.3 is 16.0 Å². The van der Waals surface area contributed by atoms with Crippen LogP contribution < -0.4 is 16.0 Å². The predicted molar refractivity (Wildman–Crippen MR) is 118 cm³/mol. The molecule has 3 rings (SSSR count). The van der Waals surface area contributed by atoms with Gasteiger partial charge >= 0.3 is 0 Å². The lowest BCUT2D eigenvalue weighted by Crippen LogP contribution is -2.18. The van der Waals surface area contributed by atoms with Gasteiger partial charge in [0.2, 0.25) is 0 Å². The average Bonchev–Trinajstić information content (AvgIpc) is 2.74. The van der Waals surface area contributed by atoms with E-state index in [-0.39, 0.29) is 5.57 Å². The number of amides is 1. The van der Waals surface area contributed by atoms with Crippen LogP contribution in [0.15, 0.2) is 84.6 Å². The maximum atomic E-state index is 12.8. The van der Waals surface area contributed by atoms with Crippen LogP contribution in [0, 0.1) is 18.3 Å². The first-order chi connectivity index (χ1) is 14.0. The first-order valence-electron chi connectivity index (χ1n) is 8.88. The highest BCUT2D eigenvalue weighted by atomic mass is 35.5.